The van der Waals surface area contributed by atoms with Crippen LogP contribution in [0, 0.1) is 13.8 Å². The zero-order valence-electron chi connectivity index (χ0n) is 15.2. The maximum atomic E-state index is 12.2. The second kappa shape index (κ2) is 8.33. The molecule has 0 radical (unpaired) electrons. The van der Waals surface area contributed by atoms with Crippen LogP contribution < -0.4 is 15.8 Å². The van der Waals surface area contributed by atoms with Crippen molar-refractivity contribution < 1.29 is 9.59 Å². The predicted octanol–water partition coefficient (Wildman–Crippen LogP) is 3.22. The Morgan fingerprint density at radius 1 is 0.880 bits per heavy atom. The van der Waals surface area contributed by atoms with E-state index in [0.29, 0.717) is 11.1 Å². The molecule has 0 aliphatic rings. The van der Waals surface area contributed by atoms with Gasteiger partial charge in [0, 0.05) is 29.9 Å². The van der Waals surface area contributed by atoms with Crippen molar-refractivity contribution >= 4 is 17.5 Å². The van der Waals surface area contributed by atoms with Crippen LogP contribution in [0.2, 0.25) is 0 Å². The number of hydrogen-bond acceptors (Lipinski definition) is 3. The molecule has 2 amide bonds. The Hall–Kier alpha value is -2.82. The van der Waals surface area contributed by atoms with Gasteiger partial charge in [-0.25, -0.2) is 0 Å². The predicted molar refractivity (Wildman–Crippen MR) is 101 cm³/mol. The Morgan fingerprint density at radius 3 is 2.08 bits per heavy atom. The smallest absolute Gasteiger partial charge is 0.269 e. The summed E-state index contributed by atoms with van der Waals surface area (Å²) in [5.74, 6) is -0.668. The summed E-state index contributed by atoms with van der Waals surface area (Å²) in [6.07, 6.45) is 0. The monoisotopic (exact) mass is 339 g/mol. The Bertz CT molecular complexity index is 750. The minimum Gasteiger partial charge on any atom is -0.372 e. The Kier molecular flexibility index (Phi) is 6.17. The largest absolute Gasteiger partial charge is 0.372 e. The number of rotatable bonds is 5. The molecule has 5 nitrogen and oxygen atoms in total. The normalized spacial score (nSPS) is 10.2. The van der Waals surface area contributed by atoms with E-state index in [4.69, 9.17) is 0 Å². The van der Waals surface area contributed by atoms with Crippen LogP contribution in [-0.4, -0.2) is 24.9 Å². The lowest BCUT2D eigenvalue weighted by molar-refractivity contribution is 0.0846. The highest BCUT2D eigenvalue weighted by Gasteiger charge is 2.12. The van der Waals surface area contributed by atoms with Gasteiger partial charge >= 0.3 is 0 Å². The zero-order chi connectivity index (χ0) is 18.4. The van der Waals surface area contributed by atoms with Gasteiger partial charge in [0.1, 0.15) is 0 Å². The maximum Gasteiger partial charge on any atom is 0.269 e. The summed E-state index contributed by atoms with van der Waals surface area (Å²) in [6.45, 7) is 9.84. The molecule has 0 heterocycles. The van der Waals surface area contributed by atoms with Gasteiger partial charge in [-0.3, -0.25) is 20.4 Å². The van der Waals surface area contributed by atoms with Crippen LogP contribution in [0.4, 0.5) is 5.69 Å². The average molecular weight is 339 g/mol. The number of hydrazine groups is 1. The first kappa shape index (κ1) is 18.5. The number of amides is 2. The first-order valence-corrected chi connectivity index (χ1v) is 8.49. The molecule has 0 aliphatic carbocycles. The molecule has 2 N–H and O–H groups in total. The van der Waals surface area contributed by atoms with Gasteiger partial charge in [0.15, 0.2) is 0 Å². The van der Waals surface area contributed by atoms with Crippen LogP contribution in [0.15, 0.2) is 42.5 Å². The highest BCUT2D eigenvalue weighted by atomic mass is 16.2. The lowest BCUT2D eigenvalue weighted by Crippen LogP contribution is -2.41. The standard InChI is InChI=1S/C20H25N3O2/c1-5-23(6-2)17-12-10-16(11-13-17)19(24)21-22-20(25)18-9-7-8-14(3)15(18)4/h7-13H,5-6H2,1-4H3,(H,21,24)(H,22,25). The summed E-state index contributed by atoms with van der Waals surface area (Å²) in [7, 11) is 0. The van der Waals surface area contributed by atoms with Crippen LogP contribution in [0.25, 0.3) is 0 Å². The van der Waals surface area contributed by atoms with E-state index in [2.05, 4.69) is 29.6 Å². The van der Waals surface area contributed by atoms with E-state index in [1.165, 1.54) is 0 Å². The van der Waals surface area contributed by atoms with Crippen molar-refractivity contribution in [2.45, 2.75) is 27.7 Å². The molecule has 0 saturated heterocycles. The van der Waals surface area contributed by atoms with Crippen LogP contribution in [0.1, 0.15) is 45.7 Å². The number of benzene rings is 2. The van der Waals surface area contributed by atoms with Crippen LogP contribution in [0.5, 0.6) is 0 Å². The first-order chi connectivity index (χ1) is 12.0. The van der Waals surface area contributed by atoms with Gasteiger partial charge in [-0.2, -0.15) is 0 Å². The molecule has 0 bridgehead atoms. The minimum absolute atomic E-state index is 0.325. The summed E-state index contributed by atoms with van der Waals surface area (Å²) in [5, 5.41) is 0. The van der Waals surface area contributed by atoms with E-state index in [9.17, 15) is 9.59 Å². The molecule has 0 unspecified atom stereocenters. The van der Waals surface area contributed by atoms with Gasteiger partial charge in [0.05, 0.1) is 0 Å². The van der Waals surface area contributed by atoms with E-state index in [-0.39, 0.29) is 11.8 Å². The molecule has 5 heteroatoms. The number of carbonyl (C=O) groups excluding carboxylic acids is 2. The fourth-order valence-electron chi connectivity index (χ4n) is 2.66. The van der Waals surface area contributed by atoms with Crippen LogP contribution >= 0.6 is 0 Å². The molecular weight excluding hydrogens is 314 g/mol. The third-order valence-electron chi connectivity index (χ3n) is 4.40. The van der Waals surface area contributed by atoms with Crippen molar-refractivity contribution in [1.82, 2.24) is 10.9 Å². The van der Waals surface area contributed by atoms with E-state index in [1.54, 1.807) is 18.2 Å². The third kappa shape index (κ3) is 4.38. The second-order valence-electron chi connectivity index (χ2n) is 5.87. The van der Waals surface area contributed by atoms with Crippen molar-refractivity contribution in [3.8, 4) is 0 Å². The fraction of sp³-hybridized carbons (Fsp3) is 0.300. The maximum absolute atomic E-state index is 12.2. The van der Waals surface area contributed by atoms with Gasteiger partial charge < -0.3 is 4.90 Å². The Morgan fingerprint density at radius 2 is 1.48 bits per heavy atom. The van der Waals surface area contributed by atoms with Gasteiger partial charge in [-0.15, -0.1) is 0 Å². The number of aryl methyl sites for hydroxylation is 1. The van der Waals surface area contributed by atoms with Crippen molar-refractivity contribution in [1.29, 1.82) is 0 Å². The number of carbonyl (C=O) groups is 2. The minimum atomic E-state index is -0.343. The first-order valence-electron chi connectivity index (χ1n) is 8.49. The lowest BCUT2D eigenvalue weighted by atomic mass is 10.0. The number of nitrogens with one attached hydrogen (secondary N) is 2. The van der Waals surface area contributed by atoms with Crippen molar-refractivity contribution in [3.63, 3.8) is 0 Å². The van der Waals surface area contributed by atoms with Crippen molar-refractivity contribution in [2.75, 3.05) is 18.0 Å². The highest BCUT2D eigenvalue weighted by molar-refractivity contribution is 6.00. The van der Waals surface area contributed by atoms with Crippen LogP contribution in [-0.2, 0) is 0 Å². The zero-order valence-corrected chi connectivity index (χ0v) is 15.2. The SMILES string of the molecule is CCN(CC)c1ccc(C(=O)NNC(=O)c2cccc(C)c2C)cc1. The second-order valence-corrected chi connectivity index (χ2v) is 5.87. The molecular formula is C20H25N3O2. The third-order valence-corrected chi connectivity index (χ3v) is 4.40. The summed E-state index contributed by atoms with van der Waals surface area (Å²) < 4.78 is 0. The lowest BCUT2D eigenvalue weighted by Gasteiger charge is -2.21. The van der Waals surface area contributed by atoms with E-state index < -0.39 is 0 Å². The Labute approximate surface area is 149 Å². The molecule has 0 aliphatic heterocycles. The molecule has 2 rings (SSSR count). The Balaban J connectivity index is 2.00. The number of nitrogens with zero attached hydrogens (tertiary/aromatic N) is 1. The molecule has 25 heavy (non-hydrogen) atoms. The highest BCUT2D eigenvalue weighted by Crippen LogP contribution is 2.15. The summed E-state index contributed by atoms with van der Waals surface area (Å²) in [4.78, 5) is 26.7. The van der Waals surface area contributed by atoms with Gasteiger partial charge in [-0.05, 0) is 69.2 Å². The molecule has 132 valence electrons. The van der Waals surface area contributed by atoms with E-state index >= 15 is 0 Å². The molecule has 2 aromatic carbocycles. The molecule has 0 atom stereocenters. The summed E-state index contributed by atoms with van der Waals surface area (Å²) in [5.41, 5.74) is 9.00. The summed E-state index contributed by atoms with van der Waals surface area (Å²) in [6, 6.07) is 12.8. The fourth-order valence-corrected chi connectivity index (χ4v) is 2.66. The quantitative estimate of drug-likeness (QED) is 0.822. The van der Waals surface area contributed by atoms with Crippen molar-refractivity contribution in [3.05, 3.63) is 64.7 Å². The molecule has 0 fully saturated rings. The molecule has 0 aromatic heterocycles. The summed E-state index contributed by atoms with van der Waals surface area (Å²) >= 11 is 0. The molecule has 2 aromatic rings. The van der Waals surface area contributed by atoms with Gasteiger partial charge in [0.25, 0.3) is 11.8 Å². The molecule has 0 saturated carbocycles. The van der Waals surface area contributed by atoms with Crippen molar-refractivity contribution in [2.24, 2.45) is 0 Å². The van der Waals surface area contributed by atoms with E-state index in [0.717, 1.165) is 29.9 Å². The van der Waals surface area contributed by atoms with Gasteiger partial charge in [0.2, 0.25) is 0 Å². The number of hydrogen-bond donors (Lipinski definition) is 2. The molecule has 0 spiro atoms. The van der Waals surface area contributed by atoms with Gasteiger partial charge in [-0.1, -0.05) is 12.1 Å². The van der Waals surface area contributed by atoms with E-state index in [1.807, 2.05) is 38.1 Å². The van der Waals surface area contributed by atoms with Crippen LogP contribution in [0.3, 0.4) is 0 Å². The topological polar surface area (TPSA) is 61.4 Å². The number of anilines is 1. The average Bonchev–Trinajstić information content (AvgIpc) is 2.63.